The highest BCUT2D eigenvalue weighted by Gasteiger charge is 2.36. The van der Waals surface area contributed by atoms with Crippen LogP contribution in [0.1, 0.15) is 36.1 Å². The van der Waals surface area contributed by atoms with Crippen LogP contribution in [0.2, 0.25) is 0 Å². The summed E-state index contributed by atoms with van der Waals surface area (Å²) in [6.07, 6.45) is 0. The topological polar surface area (TPSA) is 0 Å². The van der Waals surface area contributed by atoms with Crippen LogP contribution in [0.25, 0.3) is 22.3 Å². The molecule has 23 heavy (non-hydrogen) atoms. The molecule has 0 aliphatic heterocycles. The monoisotopic (exact) mass is 298 g/mol. The van der Waals surface area contributed by atoms with Crippen molar-refractivity contribution in [2.45, 2.75) is 33.1 Å². The van der Waals surface area contributed by atoms with Crippen LogP contribution in [0.15, 0.2) is 60.7 Å². The molecule has 0 N–H and O–H groups in total. The Bertz CT molecular complexity index is 893. The Labute approximate surface area is 138 Å². The van der Waals surface area contributed by atoms with Crippen LogP contribution in [-0.4, -0.2) is 0 Å². The lowest BCUT2D eigenvalue weighted by Crippen LogP contribution is -2.14. The van der Waals surface area contributed by atoms with Gasteiger partial charge in [0.15, 0.2) is 0 Å². The molecule has 3 aromatic carbocycles. The Morgan fingerprint density at radius 2 is 1.13 bits per heavy atom. The fraction of sp³-hybridized carbons (Fsp3) is 0.217. The molecule has 0 saturated carbocycles. The SMILES string of the molecule is Cc1cccc(C)c1-c1cccc2c1-c1ccccc1C2(C)C. The minimum absolute atomic E-state index is 0.0680. The lowest BCUT2D eigenvalue weighted by molar-refractivity contribution is 0.660. The number of hydrogen-bond acceptors (Lipinski definition) is 0. The summed E-state index contributed by atoms with van der Waals surface area (Å²) in [5, 5.41) is 0. The Morgan fingerprint density at radius 3 is 1.87 bits per heavy atom. The summed E-state index contributed by atoms with van der Waals surface area (Å²) in [4.78, 5) is 0. The highest BCUT2D eigenvalue weighted by atomic mass is 14.4. The van der Waals surface area contributed by atoms with Crippen LogP contribution < -0.4 is 0 Å². The van der Waals surface area contributed by atoms with E-state index in [2.05, 4.69) is 88.4 Å². The molecule has 4 rings (SSSR count). The molecule has 0 saturated heterocycles. The average molecular weight is 298 g/mol. The van der Waals surface area contributed by atoms with Gasteiger partial charge in [0, 0.05) is 5.41 Å². The van der Waals surface area contributed by atoms with Gasteiger partial charge in [0.25, 0.3) is 0 Å². The minimum Gasteiger partial charge on any atom is -0.0619 e. The number of fused-ring (bicyclic) bond motifs is 3. The van der Waals surface area contributed by atoms with Gasteiger partial charge in [0.1, 0.15) is 0 Å². The van der Waals surface area contributed by atoms with Crippen LogP contribution in [0, 0.1) is 13.8 Å². The van der Waals surface area contributed by atoms with Gasteiger partial charge in [-0.25, -0.2) is 0 Å². The second-order valence-corrected chi connectivity index (χ2v) is 7.17. The zero-order valence-corrected chi connectivity index (χ0v) is 14.3. The van der Waals surface area contributed by atoms with E-state index < -0.39 is 0 Å². The van der Waals surface area contributed by atoms with Crippen LogP contribution in [0.5, 0.6) is 0 Å². The van der Waals surface area contributed by atoms with Crippen molar-refractivity contribution >= 4 is 0 Å². The van der Waals surface area contributed by atoms with Crippen molar-refractivity contribution in [1.82, 2.24) is 0 Å². The van der Waals surface area contributed by atoms with E-state index in [1.165, 1.54) is 44.5 Å². The smallest absolute Gasteiger partial charge is 0.0159 e. The van der Waals surface area contributed by atoms with E-state index in [1.54, 1.807) is 0 Å². The Kier molecular flexibility index (Phi) is 2.99. The lowest BCUT2D eigenvalue weighted by atomic mass is 9.81. The molecule has 114 valence electrons. The van der Waals surface area contributed by atoms with Crippen molar-refractivity contribution in [2.75, 3.05) is 0 Å². The first-order valence-corrected chi connectivity index (χ1v) is 8.32. The molecule has 0 bridgehead atoms. The molecule has 0 unspecified atom stereocenters. The third-order valence-corrected chi connectivity index (χ3v) is 5.36. The molecule has 0 spiro atoms. The van der Waals surface area contributed by atoms with Crippen molar-refractivity contribution < 1.29 is 0 Å². The molecule has 0 aromatic heterocycles. The van der Waals surface area contributed by atoms with Gasteiger partial charge in [-0.15, -0.1) is 0 Å². The molecule has 0 nitrogen and oxygen atoms in total. The zero-order valence-electron chi connectivity index (χ0n) is 14.3. The van der Waals surface area contributed by atoms with Gasteiger partial charge in [-0.3, -0.25) is 0 Å². The molecule has 1 aliphatic rings. The lowest BCUT2D eigenvalue weighted by Gasteiger charge is -2.22. The molecule has 0 atom stereocenters. The van der Waals surface area contributed by atoms with Crippen molar-refractivity contribution in [3.63, 3.8) is 0 Å². The van der Waals surface area contributed by atoms with Crippen LogP contribution in [-0.2, 0) is 5.41 Å². The largest absolute Gasteiger partial charge is 0.0619 e. The first-order chi connectivity index (χ1) is 11.0. The van der Waals surface area contributed by atoms with Crippen molar-refractivity contribution in [3.8, 4) is 22.3 Å². The molecule has 0 heterocycles. The predicted molar refractivity (Wildman–Crippen MR) is 98.9 cm³/mol. The second kappa shape index (κ2) is 4.83. The van der Waals surface area contributed by atoms with Gasteiger partial charge < -0.3 is 0 Å². The van der Waals surface area contributed by atoms with Gasteiger partial charge in [-0.05, 0) is 58.4 Å². The zero-order chi connectivity index (χ0) is 16.2. The van der Waals surface area contributed by atoms with Crippen LogP contribution in [0.4, 0.5) is 0 Å². The average Bonchev–Trinajstić information content (AvgIpc) is 2.77. The van der Waals surface area contributed by atoms with Crippen LogP contribution >= 0.6 is 0 Å². The van der Waals surface area contributed by atoms with Gasteiger partial charge in [0.2, 0.25) is 0 Å². The highest BCUT2D eigenvalue weighted by Crippen LogP contribution is 2.52. The number of rotatable bonds is 1. The maximum atomic E-state index is 2.34. The van der Waals surface area contributed by atoms with E-state index in [-0.39, 0.29) is 5.41 Å². The van der Waals surface area contributed by atoms with E-state index >= 15 is 0 Å². The standard InChI is InChI=1S/C23H22/c1-15-9-7-10-16(2)21(15)18-12-8-14-20-22(18)17-11-5-6-13-19(17)23(20,3)4/h5-14H,1-4H3. The van der Waals surface area contributed by atoms with Gasteiger partial charge in [-0.2, -0.15) is 0 Å². The number of hydrogen-bond donors (Lipinski definition) is 0. The molecule has 0 fully saturated rings. The molecule has 0 heteroatoms. The van der Waals surface area contributed by atoms with E-state index in [0.717, 1.165) is 0 Å². The molecular formula is C23H22. The van der Waals surface area contributed by atoms with E-state index in [4.69, 9.17) is 0 Å². The highest BCUT2D eigenvalue weighted by molar-refractivity contribution is 5.93. The maximum Gasteiger partial charge on any atom is 0.0159 e. The van der Waals surface area contributed by atoms with Crippen molar-refractivity contribution in [3.05, 3.63) is 82.9 Å². The molecule has 0 radical (unpaired) electrons. The molecule has 0 amide bonds. The summed E-state index contributed by atoms with van der Waals surface area (Å²) < 4.78 is 0. The summed E-state index contributed by atoms with van der Waals surface area (Å²) in [5.74, 6) is 0. The molecule has 3 aromatic rings. The van der Waals surface area contributed by atoms with Gasteiger partial charge in [0.05, 0.1) is 0 Å². The summed E-state index contributed by atoms with van der Waals surface area (Å²) in [7, 11) is 0. The summed E-state index contributed by atoms with van der Waals surface area (Å²) >= 11 is 0. The summed E-state index contributed by atoms with van der Waals surface area (Å²) in [6, 6.07) is 22.3. The molecular weight excluding hydrogens is 276 g/mol. The van der Waals surface area contributed by atoms with Crippen molar-refractivity contribution in [1.29, 1.82) is 0 Å². The Morgan fingerprint density at radius 1 is 0.565 bits per heavy atom. The van der Waals surface area contributed by atoms with E-state index in [1.807, 2.05) is 0 Å². The van der Waals surface area contributed by atoms with E-state index in [0.29, 0.717) is 0 Å². The summed E-state index contributed by atoms with van der Waals surface area (Å²) in [5.41, 5.74) is 11.2. The first-order valence-electron chi connectivity index (χ1n) is 8.32. The summed E-state index contributed by atoms with van der Waals surface area (Å²) in [6.45, 7) is 9.11. The fourth-order valence-electron chi connectivity index (χ4n) is 4.20. The van der Waals surface area contributed by atoms with Crippen LogP contribution in [0.3, 0.4) is 0 Å². The Balaban J connectivity index is 2.12. The third-order valence-electron chi connectivity index (χ3n) is 5.36. The predicted octanol–water partition coefficient (Wildman–Crippen LogP) is 6.28. The van der Waals surface area contributed by atoms with Gasteiger partial charge in [-0.1, -0.05) is 74.5 Å². The first kappa shape index (κ1) is 14.3. The number of benzene rings is 3. The normalized spacial score (nSPS) is 14.4. The second-order valence-electron chi connectivity index (χ2n) is 7.17. The van der Waals surface area contributed by atoms with E-state index in [9.17, 15) is 0 Å². The molecule has 1 aliphatic carbocycles. The van der Waals surface area contributed by atoms with Gasteiger partial charge >= 0.3 is 0 Å². The quantitative estimate of drug-likeness (QED) is 0.496. The Hall–Kier alpha value is -2.34. The third kappa shape index (κ3) is 1.91. The maximum absolute atomic E-state index is 2.34. The minimum atomic E-state index is 0.0680. The number of aryl methyl sites for hydroxylation is 2. The fourth-order valence-corrected chi connectivity index (χ4v) is 4.20. The van der Waals surface area contributed by atoms with Crippen molar-refractivity contribution in [2.24, 2.45) is 0 Å².